The minimum Gasteiger partial charge on any atom is -0.313 e. The molecule has 0 fully saturated rings. The number of aromatic nitrogens is 1. The second-order valence-corrected chi connectivity index (χ2v) is 6.42. The predicted molar refractivity (Wildman–Crippen MR) is 86.6 cm³/mol. The van der Waals surface area contributed by atoms with Gasteiger partial charge in [0.15, 0.2) is 0 Å². The molecule has 0 aliphatic rings. The zero-order valence-corrected chi connectivity index (χ0v) is 13.8. The zero-order valence-electron chi connectivity index (χ0n) is 13.8. The van der Waals surface area contributed by atoms with Gasteiger partial charge in [-0.1, -0.05) is 40.7 Å². The zero-order chi connectivity index (χ0) is 15.0. The number of rotatable bonds is 9. The van der Waals surface area contributed by atoms with Crippen LogP contribution in [0.25, 0.3) is 0 Å². The standard InChI is InChI=1S/C17H31N3/c1-6-18-9-16-7-8-17(19-10-16)13-20(11-14(2)3)12-15(4)5/h7-8,10,14-15,18H,6,9,11-13H2,1-5H3. The summed E-state index contributed by atoms with van der Waals surface area (Å²) in [6.07, 6.45) is 2.00. The summed E-state index contributed by atoms with van der Waals surface area (Å²) in [6, 6.07) is 4.36. The Morgan fingerprint density at radius 1 is 1.10 bits per heavy atom. The molecule has 1 heterocycles. The molecule has 0 atom stereocenters. The quantitative estimate of drug-likeness (QED) is 0.750. The third-order valence-corrected chi connectivity index (χ3v) is 3.10. The van der Waals surface area contributed by atoms with Gasteiger partial charge in [-0.15, -0.1) is 0 Å². The molecule has 0 aliphatic heterocycles. The fraction of sp³-hybridized carbons (Fsp3) is 0.706. The monoisotopic (exact) mass is 277 g/mol. The summed E-state index contributed by atoms with van der Waals surface area (Å²) in [6.45, 7) is 16.4. The number of nitrogens with one attached hydrogen (secondary N) is 1. The summed E-state index contributed by atoms with van der Waals surface area (Å²) in [4.78, 5) is 7.12. The van der Waals surface area contributed by atoms with Crippen molar-refractivity contribution in [3.8, 4) is 0 Å². The molecule has 0 spiro atoms. The van der Waals surface area contributed by atoms with E-state index in [1.807, 2.05) is 6.20 Å². The lowest BCUT2D eigenvalue weighted by Gasteiger charge is -2.25. The molecule has 0 amide bonds. The van der Waals surface area contributed by atoms with Crippen molar-refractivity contribution < 1.29 is 0 Å². The highest BCUT2D eigenvalue weighted by molar-refractivity contribution is 5.14. The van der Waals surface area contributed by atoms with E-state index in [0.717, 1.165) is 32.7 Å². The summed E-state index contributed by atoms with van der Waals surface area (Å²) in [5.74, 6) is 1.39. The Kier molecular flexibility index (Phi) is 7.78. The minimum absolute atomic E-state index is 0.696. The van der Waals surface area contributed by atoms with Crippen LogP contribution in [0.3, 0.4) is 0 Å². The van der Waals surface area contributed by atoms with Gasteiger partial charge in [0.2, 0.25) is 0 Å². The topological polar surface area (TPSA) is 28.2 Å². The van der Waals surface area contributed by atoms with Crippen LogP contribution in [0.1, 0.15) is 45.9 Å². The Morgan fingerprint density at radius 2 is 1.75 bits per heavy atom. The van der Waals surface area contributed by atoms with Crippen LogP contribution in [0.5, 0.6) is 0 Å². The predicted octanol–water partition coefficient (Wildman–Crippen LogP) is 3.31. The van der Waals surface area contributed by atoms with E-state index in [2.05, 4.69) is 62.0 Å². The summed E-state index contributed by atoms with van der Waals surface area (Å²) in [5, 5.41) is 3.33. The van der Waals surface area contributed by atoms with E-state index < -0.39 is 0 Å². The first-order chi connectivity index (χ1) is 9.51. The van der Waals surface area contributed by atoms with E-state index in [1.165, 1.54) is 11.3 Å². The average Bonchev–Trinajstić information content (AvgIpc) is 2.36. The molecule has 3 heteroatoms. The molecule has 20 heavy (non-hydrogen) atoms. The largest absolute Gasteiger partial charge is 0.313 e. The maximum Gasteiger partial charge on any atom is 0.0544 e. The second-order valence-electron chi connectivity index (χ2n) is 6.42. The summed E-state index contributed by atoms with van der Waals surface area (Å²) < 4.78 is 0. The third-order valence-electron chi connectivity index (χ3n) is 3.10. The highest BCUT2D eigenvalue weighted by atomic mass is 15.1. The molecule has 114 valence electrons. The number of hydrogen-bond acceptors (Lipinski definition) is 3. The Morgan fingerprint density at radius 3 is 2.20 bits per heavy atom. The SMILES string of the molecule is CCNCc1ccc(CN(CC(C)C)CC(C)C)nc1. The van der Waals surface area contributed by atoms with Crippen LogP contribution < -0.4 is 5.32 Å². The van der Waals surface area contributed by atoms with E-state index in [1.54, 1.807) is 0 Å². The molecule has 1 rings (SSSR count). The number of pyridine rings is 1. The van der Waals surface area contributed by atoms with E-state index in [-0.39, 0.29) is 0 Å². The molecule has 0 saturated heterocycles. The first-order valence-corrected chi connectivity index (χ1v) is 7.88. The van der Waals surface area contributed by atoms with Crippen LogP contribution in [-0.4, -0.2) is 29.5 Å². The molecule has 1 aromatic rings. The van der Waals surface area contributed by atoms with Gasteiger partial charge >= 0.3 is 0 Å². The Labute approximate surface area is 124 Å². The molecule has 0 aromatic carbocycles. The van der Waals surface area contributed by atoms with Crippen molar-refractivity contribution in [3.05, 3.63) is 29.6 Å². The molecule has 3 nitrogen and oxygen atoms in total. The van der Waals surface area contributed by atoms with E-state index >= 15 is 0 Å². The van der Waals surface area contributed by atoms with Crippen LogP contribution in [0.4, 0.5) is 0 Å². The molecule has 0 aliphatic carbocycles. The van der Waals surface area contributed by atoms with Crippen molar-refractivity contribution in [1.29, 1.82) is 0 Å². The highest BCUT2D eigenvalue weighted by Crippen LogP contribution is 2.09. The van der Waals surface area contributed by atoms with E-state index in [0.29, 0.717) is 11.8 Å². The maximum atomic E-state index is 4.60. The van der Waals surface area contributed by atoms with Crippen LogP contribution >= 0.6 is 0 Å². The highest BCUT2D eigenvalue weighted by Gasteiger charge is 2.10. The normalized spacial score (nSPS) is 11.8. The lowest BCUT2D eigenvalue weighted by Crippen LogP contribution is -2.31. The summed E-state index contributed by atoms with van der Waals surface area (Å²) >= 11 is 0. The van der Waals surface area contributed by atoms with Crippen LogP contribution in [0, 0.1) is 11.8 Å². The van der Waals surface area contributed by atoms with Gasteiger partial charge in [0.25, 0.3) is 0 Å². The summed E-state index contributed by atoms with van der Waals surface area (Å²) in [7, 11) is 0. The van der Waals surface area contributed by atoms with Gasteiger partial charge in [-0.05, 0) is 30.0 Å². The smallest absolute Gasteiger partial charge is 0.0544 e. The Balaban J connectivity index is 2.58. The van der Waals surface area contributed by atoms with Crippen LogP contribution in [0.15, 0.2) is 18.3 Å². The fourth-order valence-electron chi connectivity index (χ4n) is 2.39. The molecule has 0 radical (unpaired) electrons. The number of hydrogen-bond donors (Lipinski definition) is 1. The second kappa shape index (κ2) is 9.09. The van der Waals surface area contributed by atoms with Gasteiger partial charge in [0.05, 0.1) is 5.69 Å². The lowest BCUT2D eigenvalue weighted by molar-refractivity contribution is 0.209. The van der Waals surface area contributed by atoms with E-state index in [4.69, 9.17) is 0 Å². The Bertz CT molecular complexity index is 347. The van der Waals surface area contributed by atoms with Crippen molar-refractivity contribution in [3.63, 3.8) is 0 Å². The molecule has 1 aromatic heterocycles. The molecule has 0 saturated carbocycles. The van der Waals surface area contributed by atoms with E-state index in [9.17, 15) is 0 Å². The van der Waals surface area contributed by atoms with Gasteiger partial charge in [-0.3, -0.25) is 9.88 Å². The maximum absolute atomic E-state index is 4.60. The van der Waals surface area contributed by atoms with Crippen molar-refractivity contribution in [1.82, 2.24) is 15.2 Å². The van der Waals surface area contributed by atoms with Crippen molar-refractivity contribution in [2.45, 2.75) is 47.7 Å². The molecular weight excluding hydrogens is 246 g/mol. The lowest BCUT2D eigenvalue weighted by atomic mass is 10.1. The van der Waals surface area contributed by atoms with Crippen molar-refractivity contribution >= 4 is 0 Å². The van der Waals surface area contributed by atoms with Crippen LogP contribution in [0.2, 0.25) is 0 Å². The summed E-state index contributed by atoms with van der Waals surface area (Å²) in [5.41, 5.74) is 2.43. The number of nitrogens with zero attached hydrogens (tertiary/aromatic N) is 2. The molecule has 0 bridgehead atoms. The van der Waals surface area contributed by atoms with Gasteiger partial charge < -0.3 is 5.32 Å². The first-order valence-electron chi connectivity index (χ1n) is 7.88. The average molecular weight is 277 g/mol. The van der Waals surface area contributed by atoms with Crippen LogP contribution in [-0.2, 0) is 13.1 Å². The molecule has 0 unspecified atom stereocenters. The third kappa shape index (κ3) is 7.01. The Hall–Kier alpha value is -0.930. The molecule has 1 N–H and O–H groups in total. The van der Waals surface area contributed by atoms with Gasteiger partial charge in [-0.25, -0.2) is 0 Å². The minimum atomic E-state index is 0.696. The molecular formula is C17H31N3. The van der Waals surface area contributed by atoms with Gasteiger partial charge in [0.1, 0.15) is 0 Å². The fourth-order valence-corrected chi connectivity index (χ4v) is 2.39. The van der Waals surface area contributed by atoms with Crippen molar-refractivity contribution in [2.75, 3.05) is 19.6 Å². The first kappa shape index (κ1) is 17.1. The van der Waals surface area contributed by atoms with Gasteiger partial charge in [-0.2, -0.15) is 0 Å². The van der Waals surface area contributed by atoms with Gasteiger partial charge in [0, 0.05) is 32.4 Å². The van der Waals surface area contributed by atoms with Crippen molar-refractivity contribution in [2.24, 2.45) is 11.8 Å².